The van der Waals surface area contributed by atoms with Crippen LogP contribution in [0.1, 0.15) is 52.5 Å². The lowest BCUT2D eigenvalue weighted by Crippen LogP contribution is -2.61. The van der Waals surface area contributed by atoms with E-state index in [1.807, 2.05) is 67.9 Å². The van der Waals surface area contributed by atoms with Gasteiger partial charge in [0.2, 0.25) is 5.72 Å². The molecule has 4 aromatic rings. The Labute approximate surface area is 231 Å². The maximum atomic E-state index is 13.2. The quantitative estimate of drug-likeness (QED) is 0.314. The number of carbonyl (C=O) groups is 2. The number of hydrogen-bond acceptors (Lipinski definition) is 6. The van der Waals surface area contributed by atoms with E-state index in [1.54, 1.807) is 17.0 Å². The van der Waals surface area contributed by atoms with Crippen molar-refractivity contribution >= 4 is 40.6 Å². The van der Waals surface area contributed by atoms with Gasteiger partial charge in [-0.1, -0.05) is 54.6 Å². The summed E-state index contributed by atoms with van der Waals surface area (Å²) in [6, 6.07) is 24.7. The number of benzene rings is 4. The van der Waals surface area contributed by atoms with Crippen molar-refractivity contribution in [3.8, 4) is 11.8 Å². The van der Waals surface area contributed by atoms with Crippen LogP contribution in [0.25, 0.3) is 10.8 Å². The summed E-state index contributed by atoms with van der Waals surface area (Å²) < 4.78 is 6.82. The second-order valence-corrected chi connectivity index (χ2v) is 11.1. The van der Waals surface area contributed by atoms with Crippen molar-refractivity contribution in [3.05, 3.63) is 101 Å². The van der Waals surface area contributed by atoms with E-state index < -0.39 is 17.2 Å². The zero-order valence-corrected chi connectivity index (χ0v) is 22.4. The summed E-state index contributed by atoms with van der Waals surface area (Å²) in [6.07, 6.45) is 2.71. The topological polar surface area (TPSA) is 86.0 Å². The summed E-state index contributed by atoms with van der Waals surface area (Å²) in [6.45, 7) is 4.55. The first kappa shape index (κ1) is 24.1. The molecule has 0 N–H and O–H groups in total. The highest BCUT2D eigenvalue weighted by molar-refractivity contribution is 6.03. The number of aldehydes is 1. The van der Waals surface area contributed by atoms with Gasteiger partial charge in [0.1, 0.15) is 18.0 Å². The van der Waals surface area contributed by atoms with Crippen molar-refractivity contribution in [3.63, 3.8) is 0 Å². The van der Waals surface area contributed by atoms with Gasteiger partial charge in [-0.25, -0.2) is 0 Å². The number of amides is 1. The molecule has 4 aromatic carbocycles. The minimum Gasteiger partial charge on any atom is -0.459 e. The maximum Gasteiger partial charge on any atom is 0.255 e. The molecule has 0 fully saturated rings. The van der Waals surface area contributed by atoms with Crippen molar-refractivity contribution in [1.82, 2.24) is 4.90 Å². The van der Waals surface area contributed by atoms with Crippen LogP contribution in [0.2, 0.25) is 0 Å². The third-order valence-electron chi connectivity index (χ3n) is 8.81. The van der Waals surface area contributed by atoms with Gasteiger partial charge in [0.25, 0.3) is 5.91 Å². The molecule has 3 heterocycles. The van der Waals surface area contributed by atoms with E-state index in [1.165, 1.54) is 0 Å². The zero-order valence-electron chi connectivity index (χ0n) is 22.4. The SMILES string of the molecule is CN1c2ccc(CN3C(=O)c4ccccc4C3C=O)cc2C(C)(C)C12C=Nc1c(cc(C#N)c3ccccc13)O2. The van der Waals surface area contributed by atoms with Gasteiger partial charge in [0.15, 0.2) is 5.75 Å². The smallest absolute Gasteiger partial charge is 0.255 e. The number of nitriles is 1. The summed E-state index contributed by atoms with van der Waals surface area (Å²) in [7, 11) is 1.99. The van der Waals surface area contributed by atoms with E-state index in [0.717, 1.165) is 39.4 Å². The molecule has 196 valence electrons. The third-order valence-corrected chi connectivity index (χ3v) is 8.81. The number of fused-ring (bicyclic) bond motifs is 5. The first-order valence-electron chi connectivity index (χ1n) is 13.2. The van der Waals surface area contributed by atoms with Gasteiger partial charge >= 0.3 is 0 Å². The first-order valence-corrected chi connectivity index (χ1v) is 13.2. The molecule has 0 radical (unpaired) electrons. The van der Waals surface area contributed by atoms with Crippen LogP contribution in [-0.4, -0.2) is 36.1 Å². The fourth-order valence-electron chi connectivity index (χ4n) is 6.61. The summed E-state index contributed by atoms with van der Waals surface area (Å²) >= 11 is 0. The Hall–Kier alpha value is -4.96. The zero-order chi connectivity index (χ0) is 27.8. The molecule has 3 aliphatic heterocycles. The second-order valence-electron chi connectivity index (χ2n) is 11.1. The molecule has 0 saturated carbocycles. The van der Waals surface area contributed by atoms with Crippen LogP contribution < -0.4 is 9.64 Å². The Morgan fingerprint density at radius 1 is 1.05 bits per heavy atom. The van der Waals surface area contributed by atoms with Gasteiger partial charge < -0.3 is 19.3 Å². The van der Waals surface area contributed by atoms with Crippen LogP contribution in [0.4, 0.5) is 11.4 Å². The molecule has 0 bridgehead atoms. The third kappa shape index (κ3) is 3.02. The van der Waals surface area contributed by atoms with E-state index in [4.69, 9.17) is 9.73 Å². The molecule has 3 aliphatic rings. The predicted octanol–water partition coefficient (Wildman–Crippen LogP) is 5.83. The molecule has 7 nitrogen and oxygen atoms in total. The van der Waals surface area contributed by atoms with Crippen LogP contribution in [0.15, 0.2) is 77.8 Å². The van der Waals surface area contributed by atoms with Crippen molar-refractivity contribution in [2.24, 2.45) is 4.99 Å². The molecule has 40 heavy (non-hydrogen) atoms. The number of likely N-dealkylation sites (N-methyl/N-ethyl adjacent to an activating group) is 1. The Morgan fingerprint density at radius 3 is 2.58 bits per heavy atom. The average Bonchev–Trinajstić information content (AvgIpc) is 3.33. The number of carbonyl (C=O) groups excluding carboxylic acids is 2. The molecule has 0 aliphatic carbocycles. The fraction of sp³-hybridized carbons (Fsp3) is 0.212. The van der Waals surface area contributed by atoms with Gasteiger partial charge in [-0.2, -0.15) is 5.26 Å². The lowest BCUT2D eigenvalue weighted by molar-refractivity contribution is -0.111. The largest absolute Gasteiger partial charge is 0.459 e. The van der Waals surface area contributed by atoms with E-state index in [-0.39, 0.29) is 5.91 Å². The van der Waals surface area contributed by atoms with Crippen LogP contribution >= 0.6 is 0 Å². The van der Waals surface area contributed by atoms with E-state index in [9.17, 15) is 14.9 Å². The van der Waals surface area contributed by atoms with Crippen LogP contribution in [0.5, 0.6) is 5.75 Å². The summed E-state index contributed by atoms with van der Waals surface area (Å²) in [5.41, 5.74) is 4.08. The molecule has 2 unspecified atom stereocenters. The lowest BCUT2D eigenvalue weighted by atomic mass is 9.77. The highest BCUT2D eigenvalue weighted by Gasteiger charge is 2.58. The van der Waals surface area contributed by atoms with Crippen LogP contribution in [-0.2, 0) is 16.8 Å². The first-order chi connectivity index (χ1) is 19.3. The number of anilines is 1. The number of ether oxygens (including phenoxy) is 1. The van der Waals surface area contributed by atoms with Crippen molar-refractivity contribution in [1.29, 1.82) is 5.26 Å². The predicted molar refractivity (Wildman–Crippen MR) is 153 cm³/mol. The van der Waals surface area contributed by atoms with E-state index in [0.29, 0.717) is 29.1 Å². The summed E-state index contributed by atoms with van der Waals surface area (Å²) in [4.78, 5) is 33.9. The number of rotatable bonds is 3. The Kier molecular flexibility index (Phi) is 4.98. The standard InChI is InChI=1S/C33H26N4O3/c1-32(2)26-14-20(17-37-28(18-38)23-9-5-7-11-25(23)31(37)39)12-13-27(26)36(3)33(32)19-35-30-24-10-6-4-8-22(24)21(16-34)15-29(30)40-33/h4-15,18-19,28H,17H2,1-3H3. The van der Waals surface area contributed by atoms with Gasteiger partial charge in [0, 0.05) is 41.7 Å². The molecule has 7 heteroatoms. The minimum atomic E-state index is -0.929. The lowest BCUT2D eigenvalue weighted by Gasteiger charge is -2.45. The van der Waals surface area contributed by atoms with Crippen LogP contribution in [0.3, 0.4) is 0 Å². The van der Waals surface area contributed by atoms with E-state index >= 15 is 0 Å². The summed E-state index contributed by atoms with van der Waals surface area (Å²) in [5, 5.41) is 11.6. The molecule has 1 amide bonds. The van der Waals surface area contributed by atoms with Gasteiger partial charge in [-0.15, -0.1) is 0 Å². The molecular weight excluding hydrogens is 500 g/mol. The highest BCUT2D eigenvalue weighted by Crippen LogP contribution is 2.54. The Bertz CT molecular complexity index is 1840. The highest BCUT2D eigenvalue weighted by atomic mass is 16.5. The van der Waals surface area contributed by atoms with Gasteiger partial charge in [0.05, 0.1) is 23.3 Å². The molecule has 0 saturated heterocycles. The maximum absolute atomic E-state index is 13.2. The van der Waals surface area contributed by atoms with Crippen molar-refractivity contribution in [2.45, 2.75) is 37.6 Å². The monoisotopic (exact) mass is 526 g/mol. The average molecular weight is 527 g/mol. The molecule has 0 aromatic heterocycles. The molecule has 7 rings (SSSR count). The molecule has 2 atom stereocenters. The van der Waals surface area contributed by atoms with E-state index in [2.05, 4.69) is 30.9 Å². The fourth-order valence-corrected chi connectivity index (χ4v) is 6.61. The summed E-state index contributed by atoms with van der Waals surface area (Å²) in [5.74, 6) is 0.431. The van der Waals surface area contributed by atoms with Crippen molar-refractivity contribution < 1.29 is 14.3 Å². The normalized spacial score (nSPS) is 21.6. The molecular formula is C33H26N4O3. The Balaban J connectivity index is 1.27. The Morgan fingerprint density at radius 2 is 1.80 bits per heavy atom. The second kappa shape index (κ2) is 8.27. The van der Waals surface area contributed by atoms with Gasteiger partial charge in [-0.05, 0) is 42.7 Å². The molecule has 1 spiro atoms. The van der Waals surface area contributed by atoms with Gasteiger partial charge in [-0.3, -0.25) is 9.79 Å². The number of nitrogens with zero attached hydrogens (tertiary/aromatic N) is 4. The minimum absolute atomic E-state index is 0.138. The van der Waals surface area contributed by atoms with Crippen molar-refractivity contribution in [2.75, 3.05) is 11.9 Å². The van der Waals surface area contributed by atoms with Crippen LogP contribution in [0, 0.1) is 11.3 Å². The number of aliphatic imine (C=N–C) groups is 1. The number of hydrogen-bond donors (Lipinski definition) is 0.